The number of hydrogen-bond donors (Lipinski definition) is 0. The zero-order valence-electron chi connectivity index (χ0n) is 10.1. The number of benzene rings is 2. The Morgan fingerprint density at radius 1 is 0.737 bits per heavy atom. The van der Waals surface area contributed by atoms with E-state index < -0.39 is 0 Å². The smallest absolute Gasteiger partial charge is 0.159 e. The molecular weight excluding hydrogens is 236 g/mol. The van der Waals surface area contributed by atoms with Gasteiger partial charge in [-0.1, -0.05) is 18.2 Å². The molecule has 0 aliphatic carbocycles. The van der Waals surface area contributed by atoms with Gasteiger partial charge in [-0.3, -0.25) is 0 Å². The second-order valence-electron chi connectivity index (χ2n) is 4.38. The molecule has 0 unspecified atom stereocenters. The molecule has 0 aliphatic rings. The van der Waals surface area contributed by atoms with Crippen molar-refractivity contribution in [2.24, 2.45) is 0 Å². The standard InChI is InChI=1S/C16H10N2O/c1-2-5-14-12(4-1)13-10-11(6-7-15(13)19-14)16-17-8-3-9-18-16/h1-10H. The number of furan rings is 1. The molecule has 3 heteroatoms. The molecule has 0 atom stereocenters. The Hall–Kier alpha value is -2.68. The normalized spacial score (nSPS) is 11.2. The molecule has 3 nitrogen and oxygen atoms in total. The predicted octanol–water partition coefficient (Wildman–Crippen LogP) is 4.04. The maximum Gasteiger partial charge on any atom is 0.159 e. The number of rotatable bonds is 1. The zero-order chi connectivity index (χ0) is 12.7. The second-order valence-corrected chi connectivity index (χ2v) is 4.38. The Morgan fingerprint density at radius 2 is 1.53 bits per heavy atom. The summed E-state index contributed by atoms with van der Waals surface area (Å²) in [6.45, 7) is 0. The fourth-order valence-electron chi connectivity index (χ4n) is 2.31. The lowest BCUT2D eigenvalue weighted by Crippen LogP contribution is -1.85. The van der Waals surface area contributed by atoms with Gasteiger partial charge in [0, 0.05) is 28.7 Å². The van der Waals surface area contributed by atoms with Gasteiger partial charge in [0.15, 0.2) is 5.82 Å². The topological polar surface area (TPSA) is 38.9 Å². The number of hydrogen-bond acceptors (Lipinski definition) is 3. The van der Waals surface area contributed by atoms with E-state index in [-0.39, 0.29) is 0 Å². The summed E-state index contributed by atoms with van der Waals surface area (Å²) in [5.41, 5.74) is 2.80. The lowest BCUT2D eigenvalue weighted by molar-refractivity contribution is 0.669. The number of aromatic nitrogens is 2. The molecule has 0 radical (unpaired) electrons. The molecule has 4 rings (SSSR count). The molecule has 0 N–H and O–H groups in total. The van der Waals surface area contributed by atoms with Crippen molar-refractivity contribution in [3.8, 4) is 11.4 Å². The predicted molar refractivity (Wildman–Crippen MR) is 74.7 cm³/mol. The van der Waals surface area contributed by atoms with Crippen molar-refractivity contribution in [2.45, 2.75) is 0 Å². The van der Waals surface area contributed by atoms with Crippen LogP contribution in [0, 0.1) is 0 Å². The highest BCUT2D eigenvalue weighted by atomic mass is 16.3. The molecule has 2 heterocycles. The summed E-state index contributed by atoms with van der Waals surface area (Å²) in [7, 11) is 0. The summed E-state index contributed by atoms with van der Waals surface area (Å²) in [4.78, 5) is 8.56. The van der Waals surface area contributed by atoms with Gasteiger partial charge >= 0.3 is 0 Å². The van der Waals surface area contributed by atoms with Crippen molar-refractivity contribution < 1.29 is 4.42 Å². The lowest BCUT2D eigenvalue weighted by Gasteiger charge is -1.98. The van der Waals surface area contributed by atoms with Crippen molar-refractivity contribution in [1.29, 1.82) is 0 Å². The maximum atomic E-state index is 5.80. The summed E-state index contributed by atoms with van der Waals surface area (Å²) in [5.74, 6) is 0.731. The van der Waals surface area contributed by atoms with E-state index in [0.29, 0.717) is 0 Å². The molecule has 0 fully saturated rings. The molecule has 2 aromatic heterocycles. The van der Waals surface area contributed by atoms with Gasteiger partial charge in [0.1, 0.15) is 11.2 Å². The van der Waals surface area contributed by atoms with Gasteiger partial charge in [-0.15, -0.1) is 0 Å². The van der Waals surface area contributed by atoms with Crippen molar-refractivity contribution in [2.75, 3.05) is 0 Å². The van der Waals surface area contributed by atoms with E-state index in [1.807, 2.05) is 36.4 Å². The van der Waals surface area contributed by atoms with E-state index in [4.69, 9.17) is 4.42 Å². The molecule has 0 saturated carbocycles. The third kappa shape index (κ3) is 1.59. The van der Waals surface area contributed by atoms with Gasteiger partial charge < -0.3 is 4.42 Å². The summed E-state index contributed by atoms with van der Waals surface area (Å²) in [6.07, 6.45) is 3.50. The van der Waals surface area contributed by atoms with E-state index in [2.05, 4.69) is 22.1 Å². The zero-order valence-corrected chi connectivity index (χ0v) is 10.1. The van der Waals surface area contributed by atoms with Gasteiger partial charge in [0.2, 0.25) is 0 Å². The first-order valence-electron chi connectivity index (χ1n) is 6.10. The SMILES string of the molecule is c1cnc(-c2ccc3oc4ccccc4c3c2)nc1. The second kappa shape index (κ2) is 3.92. The van der Waals surface area contributed by atoms with E-state index in [9.17, 15) is 0 Å². The fourth-order valence-corrected chi connectivity index (χ4v) is 2.31. The van der Waals surface area contributed by atoms with Crippen molar-refractivity contribution in [3.63, 3.8) is 0 Å². The molecule has 0 spiro atoms. The van der Waals surface area contributed by atoms with Crippen molar-refractivity contribution in [3.05, 3.63) is 60.9 Å². The van der Waals surface area contributed by atoms with Crippen LogP contribution in [0.3, 0.4) is 0 Å². The van der Waals surface area contributed by atoms with Crippen LogP contribution in [0.5, 0.6) is 0 Å². The van der Waals surface area contributed by atoms with Crippen LogP contribution in [0.15, 0.2) is 65.3 Å². The summed E-state index contributed by atoms with van der Waals surface area (Å²) in [5, 5.41) is 2.22. The molecule has 19 heavy (non-hydrogen) atoms. The first-order chi connectivity index (χ1) is 9.42. The van der Waals surface area contributed by atoms with Crippen LogP contribution < -0.4 is 0 Å². The van der Waals surface area contributed by atoms with Crippen LogP contribution in [0.25, 0.3) is 33.3 Å². The monoisotopic (exact) mass is 246 g/mol. The van der Waals surface area contributed by atoms with Crippen LogP contribution in [0.2, 0.25) is 0 Å². The lowest BCUT2D eigenvalue weighted by atomic mass is 10.1. The molecule has 0 aliphatic heterocycles. The minimum absolute atomic E-state index is 0.731. The average molecular weight is 246 g/mol. The van der Waals surface area contributed by atoms with Crippen molar-refractivity contribution in [1.82, 2.24) is 9.97 Å². The molecule has 0 saturated heterocycles. The molecule has 90 valence electrons. The van der Waals surface area contributed by atoms with Gasteiger partial charge in [-0.2, -0.15) is 0 Å². The van der Waals surface area contributed by atoms with Crippen LogP contribution in [0.1, 0.15) is 0 Å². The average Bonchev–Trinajstić information content (AvgIpc) is 2.86. The number of nitrogens with zero attached hydrogens (tertiary/aromatic N) is 2. The quantitative estimate of drug-likeness (QED) is 0.508. The minimum atomic E-state index is 0.731. The highest BCUT2D eigenvalue weighted by Gasteiger charge is 2.08. The van der Waals surface area contributed by atoms with Gasteiger partial charge in [0.25, 0.3) is 0 Å². The third-order valence-electron chi connectivity index (χ3n) is 3.20. The minimum Gasteiger partial charge on any atom is -0.456 e. The molecule has 2 aromatic carbocycles. The largest absolute Gasteiger partial charge is 0.456 e. The molecule has 0 bridgehead atoms. The van der Waals surface area contributed by atoms with E-state index in [1.54, 1.807) is 12.4 Å². The summed E-state index contributed by atoms with van der Waals surface area (Å²) < 4.78 is 5.80. The highest BCUT2D eigenvalue weighted by molar-refractivity contribution is 6.06. The molecule has 4 aromatic rings. The summed E-state index contributed by atoms with van der Waals surface area (Å²) >= 11 is 0. The van der Waals surface area contributed by atoms with Gasteiger partial charge in [-0.05, 0) is 30.3 Å². The van der Waals surface area contributed by atoms with Crippen LogP contribution in [-0.4, -0.2) is 9.97 Å². The Morgan fingerprint density at radius 3 is 2.42 bits per heavy atom. The Labute approximate surface area is 109 Å². The Bertz CT molecular complexity index is 866. The summed E-state index contributed by atoms with van der Waals surface area (Å²) in [6, 6.07) is 15.9. The Balaban J connectivity index is 2.03. The first-order valence-corrected chi connectivity index (χ1v) is 6.10. The number of fused-ring (bicyclic) bond motifs is 3. The third-order valence-corrected chi connectivity index (χ3v) is 3.20. The van der Waals surface area contributed by atoms with E-state index in [0.717, 1.165) is 33.3 Å². The van der Waals surface area contributed by atoms with Crippen LogP contribution in [0.4, 0.5) is 0 Å². The molecule has 0 amide bonds. The fraction of sp³-hybridized carbons (Fsp3) is 0. The molecular formula is C16H10N2O. The van der Waals surface area contributed by atoms with Gasteiger partial charge in [-0.25, -0.2) is 9.97 Å². The maximum absolute atomic E-state index is 5.80. The highest BCUT2D eigenvalue weighted by Crippen LogP contribution is 2.31. The number of para-hydroxylation sites is 1. The van der Waals surface area contributed by atoms with Crippen LogP contribution in [-0.2, 0) is 0 Å². The van der Waals surface area contributed by atoms with E-state index >= 15 is 0 Å². The first kappa shape index (κ1) is 10.3. The van der Waals surface area contributed by atoms with E-state index in [1.165, 1.54) is 0 Å². The van der Waals surface area contributed by atoms with Gasteiger partial charge in [0.05, 0.1) is 0 Å². The Kier molecular flexibility index (Phi) is 2.12. The van der Waals surface area contributed by atoms with Crippen molar-refractivity contribution >= 4 is 21.9 Å². The van der Waals surface area contributed by atoms with Crippen LogP contribution >= 0.6 is 0 Å².